The highest BCUT2D eigenvalue weighted by molar-refractivity contribution is 6.36. The van der Waals surface area contributed by atoms with E-state index in [2.05, 4.69) is 5.32 Å². The number of benzene rings is 3. The Morgan fingerprint density at radius 1 is 0.875 bits per heavy atom. The summed E-state index contributed by atoms with van der Waals surface area (Å²) in [7, 11) is 0. The molecule has 0 aliphatic rings. The van der Waals surface area contributed by atoms with Crippen molar-refractivity contribution in [2.75, 3.05) is 5.32 Å². The molecule has 0 aromatic heterocycles. The maximum atomic E-state index is 12.6. The van der Waals surface area contributed by atoms with Gasteiger partial charge in [-0.2, -0.15) is 0 Å². The summed E-state index contributed by atoms with van der Waals surface area (Å²) in [4.78, 5) is 12.6. The lowest BCUT2D eigenvalue weighted by Gasteiger charge is -2.12. The molecule has 0 bridgehead atoms. The number of rotatable bonds is 4. The van der Waals surface area contributed by atoms with Gasteiger partial charge in [0.1, 0.15) is 11.5 Å². The van der Waals surface area contributed by atoms with Gasteiger partial charge in [-0.15, -0.1) is 0 Å². The summed E-state index contributed by atoms with van der Waals surface area (Å²) in [5.74, 6) is 0.805. The average Bonchev–Trinajstić information content (AvgIpc) is 2.59. The monoisotopic (exact) mass is 357 g/mol. The van der Waals surface area contributed by atoms with Crippen LogP contribution in [0, 0.1) is 0 Å². The van der Waals surface area contributed by atoms with Crippen LogP contribution in [0.1, 0.15) is 10.4 Å². The molecular weight excluding hydrogens is 345 g/mol. The quantitative estimate of drug-likeness (QED) is 0.618. The molecule has 5 heteroatoms. The Balaban J connectivity index is 1.85. The van der Waals surface area contributed by atoms with Gasteiger partial charge < -0.3 is 10.1 Å². The first-order valence-electron chi connectivity index (χ1n) is 7.22. The van der Waals surface area contributed by atoms with Crippen molar-refractivity contribution < 1.29 is 9.53 Å². The fourth-order valence-electron chi connectivity index (χ4n) is 2.14. The minimum Gasteiger partial charge on any atom is -0.457 e. The standard InChI is InChI=1S/C19H13Cl2NO2/c20-13-10-11-17(16(21)12-13)22-19(23)15-8-4-5-9-18(15)24-14-6-2-1-3-7-14/h1-12H,(H,22,23). The lowest BCUT2D eigenvalue weighted by molar-refractivity contribution is 0.102. The van der Waals surface area contributed by atoms with Crippen molar-refractivity contribution in [2.45, 2.75) is 0 Å². The predicted octanol–water partition coefficient (Wildman–Crippen LogP) is 6.04. The molecule has 0 saturated heterocycles. The number of carbonyl (C=O) groups excluding carboxylic acids is 1. The second-order valence-corrected chi connectivity index (χ2v) is 5.83. The number of carbonyl (C=O) groups is 1. The molecule has 0 heterocycles. The summed E-state index contributed by atoms with van der Waals surface area (Å²) < 4.78 is 5.80. The minimum atomic E-state index is -0.314. The van der Waals surface area contributed by atoms with Gasteiger partial charge in [-0.05, 0) is 42.5 Å². The smallest absolute Gasteiger partial charge is 0.259 e. The van der Waals surface area contributed by atoms with E-state index in [1.165, 1.54) is 0 Å². The van der Waals surface area contributed by atoms with E-state index < -0.39 is 0 Å². The van der Waals surface area contributed by atoms with Crippen LogP contribution in [0.3, 0.4) is 0 Å². The molecule has 1 amide bonds. The topological polar surface area (TPSA) is 38.3 Å². The number of amides is 1. The maximum absolute atomic E-state index is 12.6. The molecule has 1 N–H and O–H groups in total. The van der Waals surface area contributed by atoms with Gasteiger partial charge in [-0.25, -0.2) is 0 Å². The molecule has 0 aliphatic heterocycles. The molecular formula is C19H13Cl2NO2. The van der Waals surface area contributed by atoms with Crippen molar-refractivity contribution in [1.29, 1.82) is 0 Å². The summed E-state index contributed by atoms with van der Waals surface area (Å²) in [5, 5.41) is 3.65. The third-order valence-electron chi connectivity index (χ3n) is 3.28. The van der Waals surface area contributed by atoms with Crippen LogP contribution in [-0.4, -0.2) is 5.91 Å². The van der Waals surface area contributed by atoms with Gasteiger partial charge in [0.05, 0.1) is 16.3 Å². The van der Waals surface area contributed by atoms with Crippen molar-refractivity contribution in [2.24, 2.45) is 0 Å². The van der Waals surface area contributed by atoms with Crippen molar-refractivity contribution in [1.82, 2.24) is 0 Å². The molecule has 3 aromatic carbocycles. The first-order valence-corrected chi connectivity index (χ1v) is 7.97. The Hall–Kier alpha value is -2.49. The summed E-state index contributed by atoms with van der Waals surface area (Å²) in [5.41, 5.74) is 0.896. The summed E-state index contributed by atoms with van der Waals surface area (Å²) >= 11 is 12.0. The molecule has 3 aromatic rings. The highest BCUT2D eigenvalue weighted by Crippen LogP contribution is 2.28. The van der Waals surface area contributed by atoms with Crippen LogP contribution in [-0.2, 0) is 0 Å². The van der Waals surface area contributed by atoms with Crippen LogP contribution >= 0.6 is 23.2 Å². The fraction of sp³-hybridized carbons (Fsp3) is 0. The molecule has 0 atom stereocenters. The Morgan fingerprint density at radius 3 is 2.33 bits per heavy atom. The Kier molecular flexibility index (Phi) is 5.04. The van der Waals surface area contributed by atoms with E-state index in [-0.39, 0.29) is 5.91 Å². The lowest BCUT2D eigenvalue weighted by atomic mass is 10.1. The van der Waals surface area contributed by atoms with Crippen LogP contribution < -0.4 is 10.1 Å². The van der Waals surface area contributed by atoms with Crippen LogP contribution in [0.15, 0.2) is 72.8 Å². The average molecular weight is 358 g/mol. The van der Waals surface area contributed by atoms with Crippen molar-refractivity contribution in [3.05, 3.63) is 88.4 Å². The Bertz CT molecular complexity index is 866. The van der Waals surface area contributed by atoms with Gasteiger partial charge in [0, 0.05) is 5.02 Å². The van der Waals surface area contributed by atoms with Gasteiger partial charge in [0.25, 0.3) is 5.91 Å². The second-order valence-electron chi connectivity index (χ2n) is 4.99. The van der Waals surface area contributed by atoms with E-state index in [1.807, 2.05) is 36.4 Å². The maximum Gasteiger partial charge on any atom is 0.259 e. The summed E-state index contributed by atoms with van der Waals surface area (Å²) in [6.45, 7) is 0. The van der Waals surface area contributed by atoms with E-state index in [9.17, 15) is 4.79 Å². The molecule has 3 nitrogen and oxygen atoms in total. The Morgan fingerprint density at radius 2 is 1.58 bits per heavy atom. The SMILES string of the molecule is O=C(Nc1ccc(Cl)cc1Cl)c1ccccc1Oc1ccccc1. The zero-order chi connectivity index (χ0) is 16.9. The minimum absolute atomic E-state index is 0.314. The van der Waals surface area contributed by atoms with Gasteiger partial charge in [-0.3, -0.25) is 4.79 Å². The van der Waals surface area contributed by atoms with Gasteiger partial charge in [0.2, 0.25) is 0 Å². The highest BCUT2D eigenvalue weighted by Gasteiger charge is 2.14. The van der Waals surface area contributed by atoms with Crippen molar-refractivity contribution in [3.8, 4) is 11.5 Å². The third-order valence-corrected chi connectivity index (χ3v) is 3.83. The number of ether oxygens (including phenoxy) is 1. The molecule has 0 radical (unpaired) electrons. The first kappa shape index (κ1) is 16.4. The number of hydrogen-bond acceptors (Lipinski definition) is 2. The first-order chi connectivity index (χ1) is 11.6. The molecule has 0 fully saturated rings. The van der Waals surface area contributed by atoms with Gasteiger partial charge in [-0.1, -0.05) is 53.5 Å². The van der Waals surface area contributed by atoms with Crippen molar-refractivity contribution >= 4 is 34.8 Å². The van der Waals surface area contributed by atoms with Crippen LogP contribution in [0.2, 0.25) is 10.0 Å². The molecule has 120 valence electrons. The van der Waals surface area contributed by atoms with E-state index in [1.54, 1.807) is 36.4 Å². The zero-order valence-electron chi connectivity index (χ0n) is 12.5. The van der Waals surface area contributed by atoms with Gasteiger partial charge in [0.15, 0.2) is 0 Å². The molecule has 3 rings (SSSR count). The largest absolute Gasteiger partial charge is 0.457 e. The van der Waals surface area contributed by atoms with E-state index in [0.717, 1.165) is 0 Å². The van der Waals surface area contributed by atoms with Gasteiger partial charge >= 0.3 is 0 Å². The molecule has 0 unspecified atom stereocenters. The van der Waals surface area contributed by atoms with Crippen LogP contribution in [0.25, 0.3) is 0 Å². The second kappa shape index (κ2) is 7.39. The number of para-hydroxylation sites is 2. The highest BCUT2D eigenvalue weighted by atomic mass is 35.5. The predicted molar refractivity (Wildman–Crippen MR) is 97.4 cm³/mol. The van der Waals surface area contributed by atoms with Crippen LogP contribution in [0.5, 0.6) is 11.5 Å². The van der Waals surface area contributed by atoms with E-state index in [4.69, 9.17) is 27.9 Å². The summed E-state index contributed by atoms with van der Waals surface area (Å²) in [6.07, 6.45) is 0. The number of hydrogen-bond donors (Lipinski definition) is 1. The molecule has 0 spiro atoms. The third kappa shape index (κ3) is 3.88. The lowest BCUT2D eigenvalue weighted by Crippen LogP contribution is -2.13. The Labute approximate surface area is 149 Å². The van der Waals surface area contributed by atoms with Crippen molar-refractivity contribution in [3.63, 3.8) is 0 Å². The fourth-order valence-corrected chi connectivity index (χ4v) is 2.59. The number of anilines is 1. The molecule has 0 saturated carbocycles. The molecule has 0 aliphatic carbocycles. The number of halogens is 2. The van der Waals surface area contributed by atoms with Crippen LogP contribution in [0.4, 0.5) is 5.69 Å². The zero-order valence-corrected chi connectivity index (χ0v) is 14.0. The van der Waals surface area contributed by atoms with E-state index >= 15 is 0 Å². The molecule has 24 heavy (non-hydrogen) atoms. The van der Waals surface area contributed by atoms with E-state index in [0.29, 0.717) is 32.8 Å². The number of nitrogens with one attached hydrogen (secondary N) is 1. The summed E-state index contributed by atoms with van der Waals surface area (Å²) in [6, 6.07) is 21.2. The normalized spacial score (nSPS) is 10.2.